The fraction of sp³-hybridized carbons (Fsp3) is 0. The fourth-order valence-corrected chi connectivity index (χ4v) is 1.54. The van der Waals surface area contributed by atoms with Gasteiger partial charge in [0.05, 0.1) is 10.4 Å². The third kappa shape index (κ3) is 1.29. The summed E-state index contributed by atoms with van der Waals surface area (Å²) in [5.74, 6) is -1.09. The second-order valence-corrected chi connectivity index (χ2v) is 2.94. The van der Waals surface area contributed by atoms with Crippen molar-refractivity contribution in [2.24, 2.45) is 10.3 Å². The van der Waals surface area contributed by atoms with Gasteiger partial charge < -0.3 is 5.11 Å². The predicted octanol–water partition coefficient (Wildman–Crippen LogP) is 0.928. The topological polar surface area (TPSA) is 89.0 Å². The summed E-state index contributed by atoms with van der Waals surface area (Å²) in [5.41, 5.74) is 5.09. The highest BCUT2D eigenvalue weighted by Crippen LogP contribution is 2.25. The minimum Gasteiger partial charge on any atom is -0.476 e. The Bertz CT molecular complexity index is 409. The molecule has 1 aliphatic heterocycles. The second kappa shape index (κ2) is 2.94. The number of nitrogens with zero attached hydrogens (tertiary/aromatic N) is 4. The van der Waals surface area contributed by atoms with Crippen molar-refractivity contribution in [3.8, 4) is 0 Å². The molecule has 1 aliphatic rings. The zero-order valence-corrected chi connectivity index (χ0v) is 6.95. The number of aromatic carboxylic acids is 1. The van der Waals surface area contributed by atoms with Crippen LogP contribution >= 0.6 is 11.3 Å². The van der Waals surface area contributed by atoms with Crippen molar-refractivity contribution in [3.63, 3.8) is 0 Å². The van der Waals surface area contributed by atoms with Gasteiger partial charge in [-0.3, -0.25) is 0 Å². The van der Waals surface area contributed by atoms with E-state index < -0.39 is 5.97 Å². The largest absolute Gasteiger partial charge is 0.476 e. The van der Waals surface area contributed by atoms with E-state index in [0.29, 0.717) is 10.6 Å². The molecule has 64 valence electrons. The van der Waals surface area contributed by atoms with E-state index in [1.165, 1.54) is 16.8 Å². The monoisotopic (exact) mass is 194 g/mol. The second-order valence-electron chi connectivity index (χ2n) is 2.09. The molecule has 0 fully saturated rings. The van der Waals surface area contributed by atoms with Crippen molar-refractivity contribution in [2.75, 3.05) is 0 Å². The molecule has 0 saturated carbocycles. The molecule has 0 atom stereocenters. The van der Waals surface area contributed by atoms with Gasteiger partial charge in [0.25, 0.3) is 0 Å². The summed E-state index contributed by atoms with van der Waals surface area (Å²) in [6, 6.07) is 0. The van der Waals surface area contributed by atoms with Gasteiger partial charge in [0.2, 0.25) is 0 Å². The lowest BCUT2D eigenvalue weighted by Gasteiger charge is -1.91. The van der Waals surface area contributed by atoms with Crippen LogP contribution in [0.1, 0.15) is 15.4 Å². The van der Waals surface area contributed by atoms with E-state index in [1.807, 2.05) is 0 Å². The predicted molar refractivity (Wildman–Crippen MR) is 42.7 cm³/mol. The maximum Gasteiger partial charge on any atom is 0.356 e. The van der Waals surface area contributed by atoms with Gasteiger partial charge in [-0.15, -0.1) is 21.9 Å². The fourth-order valence-electron chi connectivity index (χ4n) is 0.822. The Morgan fingerprint density at radius 2 is 2.46 bits per heavy atom. The Kier molecular flexibility index (Phi) is 1.78. The minimum atomic E-state index is -1.09. The molecule has 0 unspecified atom stereocenters. The molecule has 1 aromatic heterocycles. The van der Waals surface area contributed by atoms with E-state index in [4.69, 9.17) is 5.11 Å². The number of rotatable bonds is 2. The minimum absolute atomic E-state index is 0.0384. The molecule has 2 heterocycles. The molecule has 1 aromatic rings. The molecular weight excluding hydrogens is 192 g/mol. The first-order chi connectivity index (χ1) is 6.29. The molecule has 0 amide bonds. The molecule has 1 N–H and O–H groups in total. The van der Waals surface area contributed by atoms with Gasteiger partial charge in [-0.2, -0.15) is 0 Å². The number of thiazole rings is 1. The highest BCUT2D eigenvalue weighted by Gasteiger charge is 2.19. The maximum atomic E-state index is 10.6. The van der Waals surface area contributed by atoms with Gasteiger partial charge in [0.1, 0.15) is 11.9 Å². The average Bonchev–Trinajstić information content (AvgIpc) is 2.74. The normalized spacial score (nSPS) is 14.0. The van der Waals surface area contributed by atoms with E-state index >= 15 is 0 Å². The summed E-state index contributed by atoms with van der Waals surface area (Å²) in [7, 11) is 0. The molecule has 0 spiro atoms. The summed E-state index contributed by atoms with van der Waals surface area (Å²) < 4.78 is 0. The van der Waals surface area contributed by atoms with Gasteiger partial charge >= 0.3 is 5.97 Å². The zero-order chi connectivity index (χ0) is 9.26. The van der Waals surface area contributed by atoms with Gasteiger partial charge in [-0.25, -0.2) is 9.78 Å². The lowest BCUT2D eigenvalue weighted by Crippen LogP contribution is -1.99. The average molecular weight is 194 g/mol. The van der Waals surface area contributed by atoms with Crippen molar-refractivity contribution in [1.29, 1.82) is 0 Å². The molecule has 0 saturated heterocycles. The lowest BCUT2D eigenvalue weighted by molar-refractivity contribution is 0.0691. The summed E-state index contributed by atoms with van der Waals surface area (Å²) in [6.45, 7) is 0. The lowest BCUT2D eigenvalue weighted by atomic mass is 10.3. The third-order valence-corrected chi connectivity index (χ3v) is 2.16. The highest BCUT2D eigenvalue weighted by atomic mass is 32.1. The van der Waals surface area contributed by atoms with Gasteiger partial charge in [0.15, 0.2) is 5.69 Å². The van der Waals surface area contributed by atoms with Crippen LogP contribution in [0.3, 0.4) is 0 Å². The first-order valence-corrected chi connectivity index (χ1v) is 4.08. The number of aromatic nitrogens is 1. The van der Waals surface area contributed by atoms with Crippen LogP contribution in [0, 0.1) is 6.20 Å². The summed E-state index contributed by atoms with van der Waals surface area (Å²) in [6.07, 6.45) is 2.47. The van der Waals surface area contributed by atoms with Crippen molar-refractivity contribution in [3.05, 3.63) is 22.3 Å². The van der Waals surface area contributed by atoms with Crippen molar-refractivity contribution >= 4 is 23.0 Å². The Hall–Kier alpha value is -1.76. The molecule has 2 rings (SSSR count). The van der Waals surface area contributed by atoms with E-state index in [0.717, 1.165) is 0 Å². The highest BCUT2D eigenvalue weighted by molar-refractivity contribution is 7.11. The Labute approximate surface area is 76.6 Å². The third-order valence-electron chi connectivity index (χ3n) is 1.33. The first kappa shape index (κ1) is 7.87. The van der Waals surface area contributed by atoms with Crippen molar-refractivity contribution < 1.29 is 9.90 Å². The van der Waals surface area contributed by atoms with Crippen LogP contribution in [0.5, 0.6) is 0 Å². The SMILES string of the molecule is O=C(O)c1ncsc1C1=[C][N]N=N1. The van der Waals surface area contributed by atoms with Crippen LogP contribution in [-0.4, -0.2) is 16.1 Å². The smallest absolute Gasteiger partial charge is 0.356 e. The quantitative estimate of drug-likeness (QED) is 0.759. The number of hydrogen-bond acceptors (Lipinski definition) is 5. The number of carboxylic acid groups (broad SMARTS) is 1. The summed E-state index contributed by atoms with van der Waals surface area (Å²) >= 11 is 1.17. The number of hydrogen-bond donors (Lipinski definition) is 1. The Balaban J connectivity index is 2.45. The maximum absolute atomic E-state index is 10.6. The first-order valence-electron chi connectivity index (χ1n) is 3.20. The Morgan fingerprint density at radius 3 is 3.08 bits per heavy atom. The van der Waals surface area contributed by atoms with Gasteiger partial charge in [-0.1, -0.05) is 0 Å². The molecule has 0 aliphatic carbocycles. The van der Waals surface area contributed by atoms with E-state index in [-0.39, 0.29) is 5.69 Å². The number of carboxylic acids is 1. The van der Waals surface area contributed by atoms with Crippen LogP contribution in [0.25, 0.3) is 5.70 Å². The van der Waals surface area contributed by atoms with E-state index in [9.17, 15) is 4.79 Å². The van der Waals surface area contributed by atoms with Crippen molar-refractivity contribution in [2.45, 2.75) is 0 Å². The molecule has 7 heteroatoms. The molecule has 2 radical (unpaired) electrons. The van der Waals surface area contributed by atoms with Crippen LogP contribution in [0.15, 0.2) is 15.8 Å². The molecule has 13 heavy (non-hydrogen) atoms. The standard InChI is InChI=1S/C6H2N4O2S/c11-6(12)4-5(13-2-7-4)3-1-8-10-9-3/h2H,(H,11,12). The van der Waals surface area contributed by atoms with Gasteiger partial charge in [0, 0.05) is 0 Å². The zero-order valence-electron chi connectivity index (χ0n) is 6.13. The van der Waals surface area contributed by atoms with Crippen LogP contribution < -0.4 is 5.43 Å². The van der Waals surface area contributed by atoms with Crippen LogP contribution in [-0.2, 0) is 0 Å². The molecule has 0 aromatic carbocycles. The number of carbonyl (C=O) groups is 1. The van der Waals surface area contributed by atoms with E-state index in [2.05, 4.69) is 26.9 Å². The van der Waals surface area contributed by atoms with E-state index in [1.54, 1.807) is 0 Å². The molecule has 0 bridgehead atoms. The molecular formula is C6H2N4O2S. The summed E-state index contributed by atoms with van der Waals surface area (Å²) in [5, 5.41) is 15.6. The van der Waals surface area contributed by atoms with Crippen LogP contribution in [0.2, 0.25) is 0 Å². The Morgan fingerprint density at radius 1 is 1.62 bits per heavy atom. The van der Waals surface area contributed by atoms with Crippen LogP contribution in [0.4, 0.5) is 0 Å². The summed E-state index contributed by atoms with van der Waals surface area (Å²) in [4.78, 5) is 14.7. The van der Waals surface area contributed by atoms with Gasteiger partial charge in [-0.05, 0) is 5.22 Å². The van der Waals surface area contributed by atoms with Crippen molar-refractivity contribution in [1.82, 2.24) is 10.4 Å². The molecule has 6 nitrogen and oxygen atoms in total.